The first kappa shape index (κ1) is 18.7. The van der Waals surface area contributed by atoms with Crippen molar-refractivity contribution in [2.24, 2.45) is 0 Å². The first-order valence-electron chi connectivity index (χ1n) is 9.71. The van der Waals surface area contributed by atoms with Gasteiger partial charge in [0.25, 0.3) is 5.91 Å². The fraction of sp³-hybridized carbons (Fsp3) is 0.0870. The van der Waals surface area contributed by atoms with Gasteiger partial charge >= 0.3 is 5.97 Å². The number of anilines is 1. The van der Waals surface area contributed by atoms with Gasteiger partial charge in [0.2, 0.25) is 0 Å². The Balaban J connectivity index is 1.34. The minimum atomic E-state index is -0.375. The molecule has 0 saturated carbocycles. The van der Waals surface area contributed by atoms with E-state index in [0.29, 0.717) is 23.2 Å². The van der Waals surface area contributed by atoms with E-state index in [4.69, 9.17) is 4.74 Å². The van der Waals surface area contributed by atoms with Crippen LogP contribution in [0.5, 0.6) is 0 Å². The van der Waals surface area contributed by atoms with Crippen LogP contribution >= 0.6 is 0 Å². The van der Waals surface area contributed by atoms with E-state index in [1.54, 1.807) is 42.5 Å². The second-order valence-corrected chi connectivity index (χ2v) is 7.14. The summed E-state index contributed by atoms with van der Waals surface area (Å²) in [6, 6.07) is 21.8. The van der Waals surface area contributed by atoms with E-state index in [1.165, 1.54) is 11.0 Å². The smallest absolute Gasteiger partial charge is 0.339 e. The highest BCUT2D eigenvalue weighted by atomic mass is 16.5. The van der Waals surface area contributed by atoms with Gasteiger partial charge in [0.1, 0.15) is 12.4 Å². The van der Waals surface area contributed by atoms with Crippen molar-refractivity contribution in [1.82, 2.24) is 20.2 Å². The Hall–Kier alpha value is -4.33. The molecule has 0 radical (unpaired) electrons. The molecule has 5 rings (SSSR count). The number of carbonyl (C=O) groups is 2. The predicted molar refractivity (Wildman–Crippen MR) is 112 cm³/mol. The number of hydrogen-bond acceptors (Lipinski definition) is 6. The Kier molecular flexibility index (Phi) is 4.72. The van der Waals surface area contributed by atoms with E-state index in [-0.39, 0.29) is 18.0 Å². The number of benzene rings is 3. The number of esters is 1. The molecule has 0 bridgehead atoms. The molecule has 4 aromatic rings. The predicted octanol–water partition coefficient (Wildman–Crippen LogP) is 3.37. The normalized spacial score (nSPS) is 15.1. The first-order chi connectivity index (χ1) is 15.2. The van der Waals surface area contributed by atoms with E-state index in [1.807, 2.05) is 30.3 Å². The molecule has 1 aliphatic heterocycles. The Morgan fingerprint density at radius 3 is 2.58 bits per heavy atom. The number of fused-ring (bicyclic) bond motifs is 1. The van der Waals surface area contributed by atoms with E-state index < -0.39 is 0 Å². The molecule has 8 heteroatoms. The summed E-state index contributed by atoms with van der Waals surface area (Å²) >= 11 is 0. The van der Waals surface area contributed by atoms with E-state index >= 15 is 0 Å². The van der Waals surface area contributed by atoms with Gasteiger partial charge < -0.3 is 10.1 Å². The van der Waals surface area contributed by atoms with E-state index in [2.05, 4.69) is 20.8 Å². The van der Waals surface area contributed by atoms with Gasteiger partial charge in [0.15, 0.2) is 0 Å². The number of nitrogens with zero attached hydrogens (tertiary/aromatic N) is 4. The molecule has 0 aliphatic carbocycles. The summed E-state index contributed by atoms with van der Waals surface area (Å²) in [6.07, 6.45) is 1.65. The van der Waals surface area contributed by atoms with Crippen LogP contribution in [0.4, 0.5) is 5.69 Å². The minimum absolute atomic E-state index is 0.256. The van der Waals surface area contributed by atoms with Crippen molar-refractivity contribution in [2.45, 2.75) is 12.5 Å². The molecular formula is C23H17N5O3. The van der Waals surface area contributed by atoms with Gasteiger partial charge in [0.05, 0.1) is 11.3 Å². The molecule has 1 atom stereocenters. The van der Waals surface area contributed by atoms with Crippen molar-refractivity contribution >= 4 is 17.6 Å². The highest BCUT2D eigenvalue weighted by molar-refractivity contribution is 6.05. The molecule has 1 N–H and O–H groups in total. The van der Waals surface area contributed by atoms with Crippen molar-refractivity contribution in [3.8, 4) is 5.69 Å². The Morgan fingerprint density at radius 1 is 1.03 bits per heavy atom. The molecule has 3 aromatic carbocycles. The van der Waals surface area contributed by atoms with Crippen LogP contribution in [0, 0.1) is 0 Å². The average Bonchev–Trinajstić information content (AvgIpc) is 3.35. The Labute approximate surface area is 177 Å². The Bertz CT molecular complexity index is 1240. The third kappa shape index (κ3) is 3.78. The summed E-state index contributed by atoms with van der Waals surface area (Å²) in [6.45, 7) is 0. The number of ether oxygens (including phenoxy) is 1. The molecule has 8 nitrogen and oxygen atoms in total. The summed E-state index contributed by atoms with van der Waals surface area (Å²) in [4.78, 5) is 25.2. The summed E-state index contributed by atoms with van der Waals surface area (Å²) in [7, 11) is 0. The lowest BCUT2D eigenvalue weighted by Gasteiger charge is -2.25. The molecule has 31 heavy (non-hydrogen) atoms. The number of tetrazole rings is 1. The molecule has 152 valence electrons. The summed E-state index contributed by atoms with van der Waals surface area (Å²) < 4.78 is 7.11. The molecule has 0 saturated heterocycles. The van der Waals surface area contributed by atoms with Crippen molar-refractivity contribution in [3.63, 3.8) is 0 Å². The molecule has 0 spiro atoms. The number of carbonyl (C=O) groups excluding carboxylic acids is 2. The summed E-state index contributed by atoms with van der Waals surface area (Å²) in [5.74, 6) is -0.631. The molecule has 2 heterocycles. The number of rotatable bonds is 4. The van der Waals surface area contributed by atoms with E-state index in [0.717, 1.165) is 16.8 Å². The van der Waals surface area contributed by atoms with E-state index in [9.17, 15) is 9.59 Å². The maximum atomic E-state index is 12.8. The second kappa shape index (κ2) is 7.83. The fourth-order valence-electron chi connectivity index (χ4n) is 3.57. The zero-order valence-electron chi connectivity index (χ0n) is 16.3. The lowest BCUT2D eigenvalue weighted by molar-refractivity contribution is 0.0252. The fourth-order valence-corrected chi connectivity index (χ4v) is 3.57. The lowest BCUT2D eigenvalue weighted by atomic mass is 9.93. The number of cyclic esters (lactones) is 1. The highest BCUT2D eigenvalue weighted by Crippen LogP contribution is 2.31. The maximum absolute atomic E-state index is 12.8. The van der Waals surface area contributed by atoms with Crippen LogP contribution in [0.15, 0.2) is 79.1 Å². The molecule has 1 amide bonds. The number of hydrogen-bond donors (Lipinski definition) is 1. The molecule has 1 aromatic heterocycles. The maximum Gasteiger partial charge on any atom is 0.339 e. The largest absolute Gasteiger partial charge is 0.454 e. The second-order valence-electron chi connectivity index (χ2n) is 7.14. The van der Waals surface area contributed by atoms with Gasteiger partial charge in [-0.1, -0.05) is 30.3 Å². The zero-order valence-corrected chi connectivity index (χ0v) is 16.3. The SMILES string of the molecule is O=C(Nc1ccc(-n2cnnn2)cc1)c1ccc2c(c1)C[C@@H](c1ccccc1)OC2=O. The average molecular weight is 411 g/mol. The van der Waals surface area contributed by atoms with Gasteiger partial charge in [-0.25, -0.2) is 9.48 Å². The topological polar surface area (TPSA) is 99.0 Å². The number of nitrogens with one attached hydrogen (secondary N) is 1. The third-order valence-corrected chi connectivity index (χ3v) is 5.15. The molecule has 0 unspecified atom stereocenters. The number of aromatic nitrogens is 4. The summed E-state index contributed by atoms with van der Waals surface area (Å²) in [5, 5.41) is 13.9. The zero-order chi connectivity index (χ0) is 21.2. The van der Waals surface area contributed by atoms with Crippen LogP contribution in [0.2, 0.25) is 0 Å². The standard InChI is InChI=1S/C23H17N5O3/c29-22(25-18-7-9-19(10-8-18)28-14-24-26-27-28)16-6-11-20-17(12-16)13-21(31-23(20)30)15-4-2-1-3-5-15/h1-12,14,21H,13H2,(H,25,29)/t21-/m0/s1. The van der Waals surface area contributed by atoms with Crippen molar-refractivity contribution in [2.75, 3.05) is 5.32 Å². The van der Waals surface area contributed by atoms with Gasteiger partial charge in [-0.15, -0.1) is 5.10 Å². The highest BCUT2D eigenvalue weighted by Gasteiger charge is 2.28. The van der Waals surface area contributed by atoms with Crippen LogP contribution < -0.4 is 5.32 Å². The molecule has 1 aliphatic rings. The van der Waals surface area contributed by atoms with Crippen molar-refractivity contribution in [3.05, 3.63) is 101 Å². The van der Waals surface area contributed by atoms with Crippen LogP contribution in [0.1, 0.15) is 37.9 Å². The van der Waals surface area contributed by atoms with Gasteiger partial charge in [-0.3, -0.25) is 4.79 Å². The molecular weight excluding hydrogens is 394 g/mol. The van der Waals surface area contributed by atoms with Crippen molar-refractivity contribution in [1.29, 1.82) is 0 Å². The van der Waals surface area contributed by atoms with Crippen LogP contribution in [0.25, 0.3) is 5.69 Å². The van der Waals surface area contributed by atoms with Crippen LogP contribution in [-0.4, -0.2) is 32.1 Å². The monoisotopic (exact) mass is 411 g/mol. The minimum Gasteiger partial charge on any atom is -0.454 e. The molecule has 0 fully saturated rings. The summed E-state index contributed by atoms with van der Waals surface area (Å²) in [5.41, 5.74) is 4.12. The Morgan fingerprint density at radius 2 is 1.84 bits per heavy atom. The van der Waals surface area contributed by atoms with Crippen LogP contribution in [-0.2, 0) is 11.2 Å². The van der Waals surface area contributed by atoms with Crippen LogP contribution in [0.3, 0.4) is 0 Å². The van der Waals surface area contributed by atoms with Gasteiger partial charge in [-0.05, 0) is 64.0 Å². The third-order valence-electron chi connectivity index (χ3n) is 5.15. The first-order valence-corrected chi connectivity index (χ1v) is 9.71. The quantitative estimate of drug-likeness (QED) is 0.517. The lowest BCUT2D eigenvalue weighted by Crippen LogP contribution is -2.23. The number of amides is 1. The van der Waals surface area contributed by atoms with Gasteiger partial charge in [0, 0.05) is 17.7 Å². The van der Waals surface area contributed by atoms with Gasteiger partial charge in [-0.2, -0.15) is 0 Å². The van der Waals surface area contributed by atoms with Crippen molar-refractivity contribution < 1.29 is 14.3 Å².